The van der Waals surface area contributed by atoms with Crippen LogP contribution in [0.4, 0.5) is 10.8 Å². The van der Waals surface area contributed by atoms with Gasteiger partial charge in [-0.3, -0.25) is 4.79 Å². The van der Waals surface area contributed by atoms with Gasteiger partial charge >= 0.3 is 5.97 Å². The van der Waals surface area contributed by atoms with Crippen molar-refractivity contribution < 1.29 is 14.6 Å². The van der Waals surface area contributed by atoms with Gasteiger partial charge in [0, 0.05) is 23.1 Å². The topological polar surface area (TPSA) is 71.5 Å². The number of aliphatic carboxylic acids is 1. The molecule has 0 radical (unpaired) electrons. The third kappa shape index (κ3) is 6.30. The summed E-state index contributed by atoms with van der Waals surface area (Å²) >= 11 is 5.12. The Morgan fingerprint density at radius 1 is 1.24 bits per heavy atom. The number of aromatic nitrogens is 1. The highest BCUT2D eigenvalue weighted by atomic mass is 79.9. The van der Waals surface area contributed by atoms with Crippen LogP contribution in [0.15, 0.2) is 52.3 Å². The van der Waals surface area contributed by atoms with Crippen molar-refractivity contribution in [1.29, 1.82) is 0 Å². The maximum absolute atomic E-state index is 10.7. The monoisotopic (exact) mass is 474 g/mol. The number of nitrogens with one attached hydrogen (secondary N) is 1. The summed E-state index contributed by atoms with van der Waals surface area (Å²) in [5, 5.41) is 14.9. The quantitative estimate of drug-likeness (QED) is 0.327. The lowest BCUT2D eigenvalue weighted by atomic mass is 10.1. The number of carboxylic acids is 1. The van der Waals surface area contributed by atoms with E-state index in [4.69, 9.17) is 9.84 Å². The number of hydrogen-bond donors (Lipinski definition) is 2. The highest BCUT2D eigenvalue weighted by Crippen LogP contribution is 2.33. The molecule has 2 aromatic carbocycles. The molecule has 1 aromatic heterocycles. The van der Waals surface area contributed by atoms with Crippen LogP contribution >= 0.6 is 27.3 Å². The summed E-state index contributed by atoms with van der Waals surface area (Å²) in [6, 6.07) is 13.8. The second-order valence-electron chi connectivity index (χ2n) is 6.60. The van der Waals surface area contributed by atoms with Crippen molar-refractivity contribution in [2.45, 2.75) is 32.6 Å². The van der Waals surface area contributed by atoms with Gasteiger partial charge in [-0.15, -0.1) is 11.3 Å². The number of rotatable bonds is 10. The van der Waals surface area contributed by atoms with Crippen molar-refractivity contribution in [2.24, 2.45) is 0 Å². The predicted molar refractivity (Wildman–Crippen MR) is 121 cm³/mol. The number of hydrogen-bond acceptors (Lipinski definition) is 5. The third-order valence-electron chi connectivity index (χ3n) is 4.32. The van der Waals surface area contributed by atoms with E-state index < -0.39 is 5.97 Å². The minimum atomic E-state index is -0.783. The van der Waals surface area contributed by atoms with E-state index in [9.17, 15) is 4.79 Å². The summed E-state index contributed by atoms with van der Waals surface area (Å²) in [6.07, 6.45) is 2.82. The minimum Gasteiger partial charge on any atom is -0.492 e. The number of nitrogens with zero attached hydrogens (tertiary/aromatic N) is 1. The molecule has 0 aliphatic heterocycles. The van der Waals surface area contributed by atoms with Crippen molar-refractivity contribution in [3.05, 3.63) is 57.9 Å². The van der Waals surface area contributed by atoms with E-state index in [1.165, 1.54) is 11.3 Å². The summed E-state index contributed by atoms with van der Waals surface area (Å²) in [5.41, 5.74) is 3.85. The second-order valence-corrected chi connectivity index (χ2v) is 8.31. The standard InChI is InChI=1S/C22H23BrN2O3S/c1-2-3-12-28-20-10-7-16(13-18(20)23)19-14-29-22(25-19)24-17-8-4-15(5-9-17)6-11-21(26)27/h4-5,7-10,13-14H,2-3,6,11-12H2,1H3,(H,24,25)(H,26,27). The molecule has 0 amide bonds. The van der Waals surface area contributed by atoms with Crippen LogP contribution in [0.2, 0.25) is 0 Å². The van der Waals surface area contributed by atoms with Gasteiger partial charge in [-0.05, 0) is 64.7 Å². The molecule has 0 unspecified atom stereocenters. The summed E-state index contributed by atoms with van der Waals surface area (Å²) in [6.45, 7) is 2.86. The minimum absolute atomic E-state index is 0.139. The Hall–Kier alpha value is -2.38. The fourth-order valence-electron chi connectivity index (χ4n) is 2.70. The number of ether oxygens (including phenoxy) is 1. The van der Waals surface area contributed by atoms with E-state index in [1.807, 2.05) is 47.8 Å². The Morgan fingerprint density at radius 3 is 2.72 bits per heavy atom. The zero-order chi connectivity index (χ0) is 20.6. The molecule has 0 bridgehead atoms. The highest BCUT2D eigenvalue weighted by Gasteiger charge is 2.09. The zero-order valence-corrected chi connectivity index (χ0v) is 18.6. The van der Waals surface area contributed by atoms with Crippen LogP contribution in [0, 0.1) is 0 Å². The Morgan fingerprint density at radius 2 is 2.03 bits per heavy atom. The van der Waals surface area contributed by atoms with E-state index in [0.717, 1.165) is 50.7 Å². The van der Waals surface area contributed by atoms with Crippen LogP contribution in [0.3, 0.4) is 0 Å². The van der Waals surface area contributed by atoms with Gasteiger partial charge in [0.2, 0.25) is 0 Å². The molecule has 0 spiro atoms. The SMILES string of the molecule is CCCCOc1ccc(-c2csc(Nc3ccc(CCC(=O)O)cc3)n2)cc1Br. The maximum atomic E-state index is 10.7. The summed E-state index contributed by atoms with van der Waals surface area (Å²) < 4.78 is 6.70. The van der Waals surface area contributed by atoms with Crippen molar-refractivity contribution >= 4 is 44.1 Å². The van der Waals surface area contributed by atoms with Gasteiger partial charge in [-0.25, -0.2) is 4.98 Å². The third-order valence-corrected chi connectivity index (χ3v) is 5.70. The summed E-state index contributed by atoms with van der Waals surface area (Å²) in [4.78, 5) is 15.3. The number of thiazole rings is 1. The Labute approximate surface area is 182 Å². The van der Waals surface area contributed by atoms with Crippen LogP contribution in [0.25, 0.3) is 11.3 Å². The lowest BCUT2D eigenvalue weighted by molar-refractivity contribution is -0.136. The van der Waals surface area contributed by atoms with Gasteiger partial charge in [-0.1, -0.05) is 25.5 Å². The molecule has 7 heteroatoms. The number of benzene rings is 2. The molecule has 0 aliphatic rings. The average molecular weight is 475 g/mol. The number of anilines is 2. The molecule has 3 aromatic rings. The van der Waals surface area contributed by atoms with Crippen molar-refractivity contribution in [3.63, 3.8) is 0 Å². The average Bonchev–Trinajstić information content (AvgIpc) is 3.17. The molecule has 2 N–H and O–H groups in total. The second kappa shape index (κ2) is 10.4. The van der Waals surface area contributed by atoms with Gasteiger partial charge in [-0.2, -0.15) is 0 Å². The van der Waals surface area contributed by atoms with Gasteiger partial charge in [0.05, 0.1) is 16.8 Å². The fraction of sp³-hybridized carbons (Fsp3) is 0.273. The van der Waals surface area contributed by atoms with Crippen LogP contribution < -0.4 is 10.1 Å². The Kier molecular flexibility index (Phi) is 7.66. The fourth-order valence-corrected chi connectivity index (χ4v) is 3.93. The van der Waals surface area contributed by atoms with Crippen molar-refractivity contribution in [3.8, 4) is 17.0 Å². The maximum Gasteiger partial charge on any atom is 0.303 e. The molecule has 0 fully saturated rings. The molecular formula is C22H23BrN2O3S. The summed E-state index contributed by atoms with van der Waals surface area (Å²) in [5.74, 6) is 0.0634. The molecular weight excluding hydrogens is 452 g/mol. The predicted octanol–water partition coefficient (Wildman–Crippen LogP) is 6.51. The normalized spacial score (nSPS) is 10.7. The van der Waals surface area contributed by atoms with Crippen molar-refractivity contribution in [1.82, 2.24) is 4.98 Å². The van der Waals surface area contributed by atoms with E-state index >= 15 is 0 Å². The molecule has 3 rings (SSSR count). The summed E-state index contributed by atoms with van der Waals surface area (Å²) in [7, 11) is 0. The zero-order valence-electron chi connectivity index (χ0n) is 16.2. The van der Waals surface area contributed by atoms with Gasteiger partial charge in [0.1, 0.15) is 5.75 Å². The van der Waals surface area contributed by atoms with Crippen LogP contribution in [0.5, 0.6) is 5.75 Å². The van der Waals surface area contributed by atoms with Crippen molar-refractivity contribution in [2.75, 3.05) is 11.9 Å². The molecule has 0 atom stereocenters. The lowest BCUT2D eigenvalue weighted by Crippen LogP contribution is -1.97. The Bertz CT molecular complexity index is 957. The molecule has 0 saturated carbocycles. The van der Waals surface area contributed by atoms with Crippen LogP contribution in [0.1, 0.15) is 31.7 Å². The molecule has 152 valence electrons. The lowest BCUT2D eigenvalue weighted by Gasteiger charge is -2.08. The van der Waals surface area contributed by atoms with E-state index in [0.29, 0.717) is 13.0 Å². The smallest absolute Gasteiger partial charge is 0.303 e. The largest absolute Gasteiger partial charge is 0.492 e. The molecule has 0 saturated heterocycles. The Balaban J connectivity index is 1.63. The molecule has 1 heterocycles. The molecule has 0 aliphatic carbocycles. The van der Waals surface area contributed by atoms with E-state index in [1.54, 1.807) is 0 Å². The van der Waals surface area contributed by atoms with Crippen LogP contribution in [-0.2, 0) is 11.2 Å². The first-order valence-corrected chi connectivity index (χ1v) is 11.2. The van der Waals surface area contributed by atoms with Gasteiger partial charge < -0.3 is 15.2 Å². The number of unbranched alkanes of at least 4 members (excludes halogenated alkanes) is 1. The molecule has 29 heavy (non-hydrogen) atoms. The highest BCUT2D eigenvalue weighted by molar-refractivity contribution is 9.10. The van der Waals surface area contributed by atoms with Gasteiger partial charge in [0.25, 0.3) is 0 Å². The number of carboxylic acid groups (broad SMARTS) is 1. The first-order valence-electron chi connectivity index (χ1n) is 9.51. The number of carbonyl (C=O) groups is 1. The van der Waals surface area contributed by atoms with Gasteiger partial charge in [0.15, 0.2) is 5.13 Å². The first kappa shape index (κ1) is 21.3. The van der Waals surface area contributed by atoms with E-state index in [-0.39, 0.29) is 6.42 Å². The number of aryl methyl sites for hydroxylation is 1. The molecule has 5 nitrogen and oxygen atoms in total. The van der Waals surface area contributed by atoms with Crippen LogP contribution in [-0.4, -0.2) is 22.7 Å². The number of halogens is 1. The van der Waals surface area contributed by atoms with E-state index in [2.05, 4.69) is 33.2 Å². The first-order chi connectivity index (χ1) is 14.0.